The predicted molar refractivity (Wildman–Crippen MR) is 132 cm³/mol. The van der Waals surface area contributed by atoms with Gasteiger partial charge in [0.2, 0.25) is 0 Å². The van der Waals surface area contributed by atoms with Gasteiger partial charge in [0.05, 0.1) is 5.56 Å². The maximum atomic E-state index is 13.3. The average molecular weight is 450 g/mol. The van der Waals surface area contributed by atoms with Crippen LogP contribution in [0.3, 0.4) is 0 Å². The molecule has 0 bridgehead atoms. The van der Waals surface area contributed by atoms with E-state index in [-0.39, 0.29) is 18.0 Å². The molecule has 0 unspecified atom stereocenters. The summed E-state index contributed by atoms with van der Waals surface area (Å²) in [4.78, 5) is 30.9. The lowest BCUT2D eigenvalue weighted by atomic mass is 9.99. The van der Waals surface area contributed by atoms with Crippen molar-refractivity contribution in [1.82, 2.24) is 15.2 Å². The predicted octanol–water partition coefficient (Wildman–Crippen LogP) is 3.87. The summed E-state index contributed by atoms with van der Waals surface area (Å²) in [5, 5.41) is 14.6. The van der Waals surface area contributed by atoms with Gasteiger partial charge in [0.15, 0.2) is 0 Å². The number of aromatic amines is 1. The second-order valence-electron chi connectivity index (χ2n) is 9.48. The van der Waals surface area contributed by atoms with E-state index in [0.717, 1.165) is 55.0 Å². The number of aryl methyl sites for hydroxylation is 2. The van der Waals surface area contributed by atoms with Crippen LogP contribution >= 0.6 is 0 Å². The van der Waals surface area contributed by atoms with Crippen molar-refractivity contribution in [3.63, 3.8) is 0 Å². The first-order chi connectivity index (χ1) is 15.9. The topological polar surface area (TPSA) is 101 Å². The maximum absolute atomic E-state index is 13.3. The van der Waals surface area contributed by atoms with E-state index in [9.17, 15) is 9.59 Å². The van der Waals surface area contributed by atoms with Crippen molar-refractivity contribution >= 4 is 17.8 Å². The molecule has 2 aliphatic rings. The van der Waals surface area contributed by atoms with Crippen LogP contribution in [0.2, 0.25) is 0 Å². The van der Waals surface area contributed by atoms with Crippen LogP contribution in [-0.4, -0.2) is 41.1 Å². The van der Waals surface area contributed by atoms with Crippen molar-refractivity contribution in [3.05, 3.63) is 62.1 Å². The molecule has 1 aromatic carbocycles. The number of likely N-dealkylation sites (tertiary alicyclic amines) is 1. The quantitative estimate of drug-likeness (QED) is 0.460. The molecule has 2 heterocycles. The standard InChI is InChI=1S/C26H35N5O2/c1-17-11-18(2)29-26(33)23(17)15-28-25(32)21-12-19(16-31-9-5-6-10-31)13-24(22(21)14-27)30-20-7-3-4-8-20/h11-14,20,27,30H,3-10,15-16H2,1-2H3,(H,28,32)(H,29,33). The number of carbonyl (C=O) groups is 1. The van der Waals surface area contributed by atoms with Gasteiger partial charge in [0.25, 0.3) is 11.5 Å². The molecule has 1 aliphatic heterocycles. The first-order valence-electron chi connectivity index (χ1n) is 12.1. The average Bonchev–Trinajstić information content (AvgIpc) is 3.47. The van der Waals surface area contributed by atoms with E-state index in [1.807, 2.05) is 26.0 Å². The van der Waals surface area contributed by atoms with Gasteiger partial charge in [0.1, 0.15) is 0 Å². The Balaban J connectivity index is 1.61. The largest absolute Gasteiger partial charge is 0.382 e. The number of anilines is 1. The monoisotopic (exact) mass is 449 g/mol. The number of carbonyl (C=O) groups excluding carboxylic acids is 1. The molecule has 7 nitrogen and oxygen atoms in total. The van der Waals surface area contributed by atoms with E-state index < -0.39 is 0 Å². The normalized spacial score (nSPS) is 16.8. The molecular weight excluding hydrogens is 414 g/mol. The smallest absolute Gasteiger partial charge is 0.253 e. The fourth-order valence-electron chi connectivity index (χ4n) is 5.12. The van der Waals surface area contributed by atoms with E-state index in [2.05, 4.69) is 26.6 Å². The van der Waals surface area contributed by atoms with Crippen LogP contribution in [-0.2, 0) is 13.1 Å². The number of hydrogen-bond donors (Lipinski definition) is 4. The maximum Gasteiger partial charge on any atom is 0.253 e. The lowest BCUT2D eigenvalue weighted by Gasteiger charge is -2.21. The van der Waals surface area contributed by atoms with Crippen molar-refractivity contribution in [2.24, 2.45) is 0 Å². The summed E-state index contributed by atoms with van der Waals surface area (Å²) in [6.45, 7) is 6.84. The third-order valence-electron chi connectivity index (χ3n) is 6.87. The highest BCUT2D eigenvalue weighted by Gasteiger charge is 2.22. The summed E-state index contributed by atoms with van der Waals surface area (Å²) in [5.41, 5.74) is 5.09. The number of nitrogens with one attached hydrogen (secondary N) is 4. The number of rotatable bonds is 8. The Hall–Kier alpha value is -2.93. The van der Waals surface area contributed by atoms with Crippen LogP contribution in [0, 0.1) is 19.3 Å². The molecule has 2 fully saturated rings. The van der Waals surface area contributed by atoms with E-state index in [0.29, 0.717) is 22.7 Å². The lowest BCUT2D eigenvalue weighted by molar-refractivity contribution is 0.0950. The molecule has 1 saturated carbocycles. The summed E-state index contributed by atoms with van der Waals surface area (Å²) in [7, 11) is 0. The highest BCUT2D eigenvalue weighted by molar-refractivity contribution is 6.05. The molecule has 33 heavy (non-hydrogen) atoms. The van der Waals surface area contributed by atoms with Crippen LogP contribution in [0.1, 0.15) is 76.8 Å². The first kappa shape index (κ1) is 23.2. The lowest BCUT2D eigenvalue weighted by Crippen LogP contribution is -2.29. The van der Waals surface area contributed by atoms with E-state index in [4.69, 9.17) is 5.41 Å². The zero-order chi connectivity index (χ0) is 23.4. The van der Waals surface area contributed by atoms with Crippen LogP contribution in [0.4, 0.5) is 5.69 Å². The fraction of sp³-hybridized carbons (Fsp3) is 0.500. The van der Waals surface area contributed by atoms with Gasteiger partial charge in [-0.1, -0.05) is 12.8 Å². The number of benzene rings is 1. The molecule has 1 saturated heterocycles. The highest BCUT2D eigenvalue weighted by Crippen LogP contribution is 2.28. The minimum absolute atomic E-state index is 0.152. The third kappa shape index (κ3) is 5.53. The molecule has 1 aliphatic carbocycles. The van der Waals surface area contributed by atoms with Gasteiger partial charge in [-0.15, -0.1) is 0 Å². The summed E-state index contributed by atoms with van der Waals surface area (Å²) in [6.07, 6.45) is 8.35. The number of H-pyrrole nitrogens is 1. The van der Waals surface area contributed by atoms with Gasteiger partial charge in [-0.2, -0.15) is 0 Å². The second-order valence-corrected chi connectivity index (χ2v) is 9.48. The Labute approximate surface area is 195 Å². The summed E-state index contributed by atoms with van der Waals surface area (Å²) in [6, 6.07) is 6.32. The Bertz CT molecular complexity index is 1080. The molecule has 0 spiro atoms. The molecule has 0 radical (unpaired) electrons. The van der Waals surface area contributed by atoms with Crippen LogP contribution in [0.5, 0.6) is 0 Å². The van der Waals surface area contributed by atoms with Crippen LogP contribution < -0.4 is 16.2 Å². The summed E-state index contributed by atoms with van der Waals surface area (Å²) in [5.74, 6) is -0.259. The fourth-order valence-corrected chi connectivity index (χ4v) is 5.12. The number of nitrogens with zero attached hydrogens (tertiary/aromatic N) is 1. The van der Waals surface area contributed by atoms with Crippen LogP contribution in [0.25, 0.3) is 0 Å². The van der Waals surface area contributed by atoms with Crippen molar-refractivity contribution in [2.45, 2.75) is 71.5 Å². The number of aromatic nitrogens is 1. The van der Waals surface area contributed by atoms with Crippen molar-refractivity contribution in [2.75, 3.05) is 18.4 Å². The molecule has 4 rings (SSSR count). The van der Waals surface area contributed by atoms with Crippen LogP contribution in [0.15, 0.2) is 23.0 Å². The number of hydrogen-bond acceptors (Lipinski definition) is 5. The molecule has 2 aromatic rings. The Kier molecular flexibility index (Phi) is 7.28. The van der Waals surface area contributed by atoms with E-state index >= 15 is 0 Å². The zero-order valence-corrected chi connectivity index (χ0v) is 19.7. The summed E-state index contributed by atoms with van der Waals surface area (Å²) >= 11 is 0. The van der Waals surface area contributed by atoms with Crippen molar-refractivity contribution in [3.8, 4) is 0 Å². The first-order valence-corrected chi connectivity index (χ1v) is 12.1. The number of amides is 1. The van der Waals surface area contributed by atoms with Crippen molar-refractivity contribution < 1.29 is 4.79 Å². The number of pyridine rings is 1. The van der Waals surface area contributed by atoms with E-state index in [1.165, 1.54) is 31.9 Å². The van der Waals surface area contributed by atoms with Gasteiger partial charge in [-0.3, -0.25) is 14.5 Å². The molecular formula is C26H35N5O2. The molecule has 176 valence electrons. The Morgan fingerprint density at radius 2 is 1.88 bits per heavy atom. The van der Waals surface area contributed by atoms with Crippen molar-refractivity contribution in [1.29, 1.82) is 5.41 Å². The SMILES string of the molecule is Cc1cc(C)c(CNC(=O)c2cc(CN3CCCC3)cc(NC3CCCC3)c2C=N)c(=O)[nH]1. The molecule has 7 heteroatoms. The molecule has 4 N–H and O–H groups in total. The Morgan fingerprint density at radius 1 is 1.15 bits per heavy atom. The van der Waals surface area contributed by atoms with E-state index in [1.54, 1.807) is 0 Å². The minimum atomic E-state index is -0.259. The Morgan fingerprint density at radius 3 is 2.55 bits per heavy atom. The van der Waals surface area contributed by atoms with Gasteiger partial charge in [-0.25, -0.2) is 0 Å². The second kappa shape index (κ2) is 10.3. The summed E-state index contributed by atoms with van der Waals surface area (Å²) < 4.78 is 0. The van der Waals surface area contributed by atoms with Gasteiger partial charge >= 0.3 is 0 Å². The minimum Gasteiger partial charge on any atom is -0.382 e. The molecule has 0 atom stereocenters. The van der Waals surface area contributed by atoms with Gasteiger partial charge in [0, 0.05) is 47.9 Å². The highest BCUT2D eigenvalue weighted by atomic mass is 16.1. The molecule has 1 aromatic heterocycles. The van der Waals surface area contributed by atoms with Gasteiger partial charge in [-0.05, 0) is 81.9 Å². The molecule has 1 amide bonds. The van der Waals surface area contributed by atoms with Gasteiger partial charge < -0.3 is 21.0 Å². The third-order valence-corrected chi connectivity index (χ3v) is 6.87. The zero-order valence-electron chi connectivity index (χ0n) is 19.7.